The first kappa shape index (κ1) is 16.6. The van der Waals surface area contributed by atoms with Crippen LogP contribution in [0.25, 0.3) is 0 Å². The lowest BCUT2D eigenvalue weighted by Gasteiger charge is -2.25. The zero-order valence-corrected chi connectivity index (χ0v) is 13.4. The van der Waals surface area contributed by atoms with Gasteiger partial charge in [0.25, 0.3) is 0 Å². The molecule has 112 valence electrons. The van der Waals surface area contributed by atoms with Crippen molar-refractivity contribution in [3.63, 3.8) is 0 Å². The van der Waals surface area contributed by atoms with Gasteiger partial charge in [-0.1, -0.05) is 41.0 Å². The lowest BCUT2D eigenvalue weighted by atomic mass is 9.91. The Hall–Kier alpha value is -1.45. The number of nitrogens with zero attached hydrogens (tertiary/aromatic N) is 3. The van der Waals surface area contributed by atoms with Crippen LogP contribution in [-0.4, -0.2) is 22.4 Å². The molecule has 0 saturated heterocycles. The zero-order valence-electron chi connectivity index (χ0n) is 13.4. The lowest BCUT2D eigenvalue weighted by molar-refractivity contribution is -0.120. The molecule has 1 amide bonds. The van der Waals surface area contributed by atoms with Crippen LogP contribution in [0, 0.1) is 5.41 Å². The molecule has 0 N–H and O–H groups in total. The van der Waals surface area contributed by atoms with Crippen molar-refractivity contribution in [2.75, 3.05) is 11.4 Å². The van der Waals surface area contributed by atoms with E-state index in [-0.39, 0.29) is 11.3 Å². The van der Waals surface area contributed by atoms with Gasteiger partial charge in [-0.3, -0.25) is 9.69 Å². The molecule has 0 radical (unpaired) electrons. The van der Waals surface area contributed by atoms with Crippen molar-refractivity contribution < 1.29 is 4.79 Å². The Balaban J connectivity index is 2.95. The molecule has 0 saturated carbocycles. The number of aromatic nitrogens is 2. The number of anilines is 1. The first-order valence-corrected chi connectivity index (χ1v) is 7.49. The van der Waals surface area contributed by atoms with Crippen LogP contribution in [0.15, 0.2) is 12.3 Å². The van der Waals surface area contributed by atoms with Gasteiger partial charge in [0.1, 0.15) is 0 Å². The number of hydrogen-bond acceptors (Lipinski definition) is 3. The molecule has 0 fully saturated rings. The first-order chi connectivity index (χ1) is 9.37. The van der Waals surface area contributed by atoms with Crippen molar-refractivity contribution in [2.45, 2.75) is 60.3 Å². The third-order valence-electron chi connectivity index (χ3n) is 3.02. The van der Waals surface area contributed by atoms with Gasteiger partial charge in [-0.2, -0.15) is 0 Å². The van der Waals surface area contributed by atoms with Crippen molar-refractivity contribution in [1.82, 2.24) is 9.97 Å². The van der Waals surface area contributed by atoms with Crippen molar-refractivity contribution in [2.24, 2.45) is 5.41 Å². The van der Waals surface area contributed by atoms with Gasteiger partial charge in [-0.25, -0.2) is 9.97 Å². The second-order valence-electron chi connectivity index (χ2n) is 6.34. The fourth-order valence-electron chi connectivity index (χ4n) is 1.91. The van der Waals surface area contributed by atoms with Crippen molar-refractivity contribution in [1.29, 1.82) is 0 Å². The zero-order chi connectivity index (χ0) is 15.2. The maximum atomic E-state index is 12.5. The van der Waals surface area contributed by atoms with Crippen LogP contribution in [0.2, 0.25) is 0 Å². The van der Waals surface area contributed by atoms with E-state index < -0.39 is 0 Å². The summed E-state index contributed by atoms with van der Waals surface area (Å²) in [5.74, 6) is 0.659. The molecule has 0 bridgehead atoms. The molecule has 1 aromatic heterocycles. The minimum absolute atomic E-state index is 0.0239. The first-order valence-electron chi connectivity index (χ1n) is 7.49. The highest BCUT2D eigenvalue weighted by Crippen LogP contribution is 2.22. The van der Waals surface area contributed by atoms with Crippen molar-refractivity contribution in [3.05, 3.63) is 18.0 Å². The van der Waals surface area contributed by atoms with Gasteiger partial charge in [0, 0.05) is 24.9 Å². The summed E-state index contributed by atoms with van der Waals surface area (Å²) in [6, 6.07) is 1.90. The number of amides is 1. The van der Waals surface area contributed by atoms with E-state index >= 15 is 0 Å². The molecule has 0 aliphatic rings. The monoisotopic (exact) mass is 277 g/mol. The Morgan fingerprint density at radius 3 is 2.55 bits per heavy atom. The molecule has 0 spiro atoms. The average molecular weight is 277 g/mol. The van der Waals surface area contributed by atoms with Crippen LogP contribution in [0.4, 0.5) is 5.95 Å². The molecular formula is C16H27N3O. The summed E-state index contributed by atoms with van der Waals surface area (Å²) >= 11 is 0. The molecule has 1 rings (SSSR count). The number of carbonyl (C=O) groups is 1. The van der Waals surface area contributed by atoms with Gasteiger partial charge >= 0.3 is 0 Å². The molecule has 0 atom stereocenters. The fraction of sp³-hybridized carbons (Fsp3) is 0.688. The number of aryl methyl sites for hydroxylation is 1. The Morgan fingerprint density at radius 1 is 1.30 bits per heavy atom. The largest absolute Gasteiger partial charge is 0.281 e. The fourth-order valence-corrected chi connectivity index (χ4v) is 1.91. The summed E-state index contributed by atoms with van der Waals surface area (Å²) in [4.78, 5) is 23.0. The van der Waals surface area contributed by atoms with E-state index in [1.54, 1.807) is 11.1 Å². The summed E-state index contributed by atoms with van der Waals surface area (Å²) in [7, 11) is 0. The quantitative estimate of drug-likeness (QED) is 0.798. The van der Waals surface area contributed by atoms with Crippen LogP contribution in [-0.2, 0) is 11.2 Å². The van der Waals surface area contributed by atoms with Crippen LogP contribution >= 0.6 is 0 Å². The molecular weight excluding hydrogens is 250 g/mol. The molecule has 0 aliphatic heterocycles. The van der Waals surface area contributed by atoms with E-state index in [1.165, 1.54) is 0 Å². The minimum Gasteiger partial charge on any atom is -0.281 e. The molecule has 1 aromatic rings. The van der Waals surface area contributed by atoms with Gasteiger partial charge in [0.05, 0.1) is 0 Å². The summed E-state index contributed by atoms with van der Waals surface area (Å²) in [6.07, 6.45) is 5.12. The highest BCUT2D eigenvalue weighted by atomic mass is 16.2. The molecule has 4 heteroatoms. The molecule has 0 aromatic carbocycles. The maximum Gasteiger partial charge on any atom is 0.232 e. The van der Waals surface area contributed by atoms with Crippen LogP contribution in [0.5, 0.6) is 0 Å². The summed E-state index contributed by atoms with van der Waals surface area (Å²) in [5, 5.41) is 0. The van der Waals surface area contributed by atoms with Crippen LogP contribution in [0.1, 0.15) is 59.6 Å². The molecule has 0 unspecified atom stereocenters. The molecule has 4 nitrogen and oxygen atoms in total. The third kappa shape index (κ3) is 5.27. The summed E-state index contributed by atoms with van der Waals surface area (Å²) in [5.41, 5.74) is 0.948. The topological polar surface area (TPSA) is 46.1 Å². The summed E-state index contributed by atoms with van der Waals surface area (Å²) in [6.45, 7) is 11.1. The van der Waals surface area contributed by atoms with Gasteiger partial charge < -0.3 is 0 Å². The second kappa shape index (κ2) is 7.36. The Morgan fingerprint density at radius 2 is 2.00 bits per heavy atom. The smallest absolute Gasteiger partial charge is 0.232 e. The van der Waals surface area contributed by atoms with Crippen LogP contribution < -0.4 is 4.90 Å². The van der Waals surface area contributed by atoms with Gasteiger partial charge in [0.2, 0.25) is 11.9 Å². The second-order valence-corrected chi connectivity index (χ2v) is 6.34. The minimum atomic E-state index is -0.0239. The highest BCUT2D eigenvalue weighted by molar-refractivity contribution is 5.91. The standard InChI is InChI=1S/C16H27N3O/c1-6-8-11-19(14(20)12-16(3,4)5)15-17-10-9-13(7-2)18-15/h9-10H,6-8,11-12H2,1-5H3. The Labute approximate surface area is 122 Å². The van der Waals surface area contributed by atoms with E-state index in [1.807, 2.05) is 6.07 Å². The molecule has 1 heterocycles. The number of carbonyl (C=O) groups excluding carboxylic acids is 1. The lowest BCUT2D eigenvalue weighted by Crippen LogP contribution is -2.35. The maximum absolute atomic E-state index is 12.5. The predicted octanol–water partition coefficient (Wildman–Crippen LogP) is 3.61. The average Bonchev–Trinajstić information content (AvgIpc) is 2.37. The third-order valence-corrected chi connectivity index (χ3v) is 3.02. The van der Waals surface area contributed by atoms with E-state index in [0.717, 1.165) is 25.0 Å². The number of rotatable bonds is 6. The summed E-state index contributed by atoms with van der Waals surface area (Å²) < 4.78 is 0. The normalized spacial score (nSPS) is 11.4. The molecule has 20 heavy (non-hydrogen) atoms. The van der Waals surface area contributed by atoms with Crippen LogP contribution in [0.3, 0.4) is 0 Å². The van der Waals surface area contributed by atoms with E-state index in [2.05, 4.69) is 44.6 Å². The van der Waals surface area contributed by atoms with Crippen molar-refractivity contribution >= 4 is 11.9 Å². The predicted molar refractivity (Wildman–Crippen MR) is 82.7 cm³/mol. The van der Waals surface area contributed by atoms with Gasteiger partial charge in [-0.05, 0) is 24.3 Å². The Kier molecular flexibility index (Phi) is 6.11. The number of hydrogen-bond donors (Lipinski definition) is 0. The van der Waals surface area contributed by atoms with Gasteiger partial charge in [0.15, 0.2) is 0 Å². The van der Waals surface area contributed by atoms with Crippen molar-refractivity contribution in [3.8, 4) is 0 Å². The van der Waals surface area contributed by atoms with E-state index in [0.29, 0.717) is 18.9 Å². The highest BCUT2D eigenvalue weighted by Gasteiger charge is 2.23. The van der Waals surface area contributed by atoms with Gasteiger partial charge in [-0.15, -0.1) is 0 Å². The SMILES string of the molecule is CCCCN(C(=O)CC(C)(C)C)c1nccc(CC)n1. The number of unbranched alkanes of at least 4 members (excludes halogenated alkanes) is 1. The van der Waals surface area contributed by atoms with E-state index in [9.17, 15) is 4.79 Å². The Bertz CT molecular complexity index is 438. The molecule has 0 aliphatic carbocycles. The van der Waals surface area contributed by atoms with E-state index in [4.69, 9.17) is 0 Å².